The summed E-state index contributed by atoms with van der Waals surface area (Å²) in [7, 11) is 3.26. The number of anilines is 1. The number of carbonyl (C=O) groups is 3. The molecule has 0 aliphatic carbocycles. The van der Waals surface area contributed by atoms with Crippen LogP contribution in [0.25, 0.3) is 0 Å². The highest BCUT2D eigenvalue weighted by Gasteiger charge is 2.78. The Hall–Kier alpha value is -3.17. The van der Waals surface area contributed by atoms with E-state index in [0.29, 0.717) is 37.2 Å². The lowest BCUT2D eigenvalue weighted by atomic mass is 9.66. The van der Waals surface area contributed by atoms with Crippen LogP contribution >= 0.6 is 0 Å². The Morgan fingerprint density at radius 2 is 1.86 bits per heavy atom. The van der Waals surface area contributed by atoms with Crippen molar-refractivity contribution in [3.63, 3.8) is 0 Å². The topological polar surface area (TPSA) is 99.6 Å². The van der Waals surface area contributed by atoms with Crippen molar-refractivity contribution in [2.75, 3.05) is 45.3 Å². The van der Waals surface area contributed by atoms with Gasteiger partial charge in [0.05, 0.1) is 24.5 Å². The van der Waals surface area contributed by atoms with Gasteiger partial charge < -0.3 is 29.3 Å². The van der Waals surface area contributed by atoms with Gasteiger partial charge >= 0.3 is 0 Å². The molecule has 3 amide bonds. The van der Waals surface area contributed by atoms with Crippen LogP contribution in [0.15, 0.2) is 49.6 Å². The second-order valence-electron chi connectivity index (χ2n) is 10.3. The summed E-state index contributed by atoms with van der Waals surface area (Å²) < 4.78 is 11.9. The molecule has 9 nitrogen and oxygen atoms in total. The van der Waals surface area contributed by atoms with Gasteiger partial charge in [0.25, 0.3) is 5.91 Å². The monoisotopic (exact) mass is 511 g/mol. The number of aliphatic hydroxyl groups excluding tert-OH is 1. The number of hydrogen-bond donors (Lipinski definition) is 1. The van der Waals surface area contributed by atoms with E-state index in [4.69, 9.17) is 9.47 Å². The van der Waals surface area contributed by atoms with Gasteiger partial charge in [-0.2, -0.15) is 0 Å². The standard InChI is InChI=1S/C28H37N3O6/c1-6-15-29(4)24(33)21-22-25(34)31(17-8-18-32)23(28(22)14-13-27(21,3)37-28)26(35)30(16-7-2)19-9-11-20(36-5)12-10-19/h6-7,9-12,21-23,32H,1-2,8,13-18H2,3-5H3/t21-,22-,23?,27+,28?/m0/s1. The van der Waals surface area contributed by atoms with Crippen molar-refractivity contribution in [3.8, 4) is 5.75 Å². The molecule has 3 heterocycles. The lowest BCUT2D eigenvalue weighted by molar-refractivity contribution is -0.149. The fourth-order valence-electron chi connectivity index (χ4n) is 6.45. The van der Waals surface area contributed by atoms with Gasteiger partial charge in [-0.3, -0.25) is 14.4 Å². The highest BCUT2D eigenvalue weighted by molar-refractivity contribution is 6.05. The minimum Gasteiger partial charge on any atom is -0.497 e. The summed E-state index contributed by atoms with van der Waals surface area (Å²) in [5.74, 6) is -1.58. The number of methoxy groups -OCH3 is 1. The molecule has 3 aliphatic heterocycles. The van der Waals surface area contributed by atoms with E-state index >= 15 is 0 Å². The third-order valence-electron chi connectivity index (χ3n) is 8.07. The molecule has 3 aliphatic rings. The summed E-state index contributed by atoms with van der Waals surface area (Å²) in [5.41, 5.74) is -1.34. The average Bonchev–Trinajstić information content (AvgIpc) is 3.46. The second kappa shape index (κ2) is 10.3. The van der Waals surface area contributed by atoms with Gasteiger partial charge in [0, 0.05) is 39.0 Å². The number of nitrogens with zero attached hydrogens (tertiary/aromatic N) is 3. The van der Waals surface area contributed by atoms with Crippen LogP contribution in [0, 0.1) is 11.8 Å². The first-order chi connectivity index (χ1) is 17.7. The molecular formula is C28H37N3O6. The first-order valence-corrected chi connectivity index (χ1v) is 12.7. The van der Waals surface area contributed by atoms with Crippen molar-refractivity contribution in [2.24, 2.45) is 11.8 Å². The van der Waals surface area contributed by atoms with Crippen molar-refractivity contribution in [1.82, 2.24) is 9.80 Å². The zero-order valence-corrected chi connectivity index (χ0v) is 21.9. The molecule has 1 aromatic carbocycles. The lowest BCUT2D eigenvalue weighted by Gasteiger charge is -2.37. The van der Waals surface area contributed by atoms with Crippen LogP contribution in [-0.4, -0.2) is 90.3 Å². The highest BCUT2D eigenvalue weighted by atomic mass is 16.5. The van der Waals surface area contributed by atoms with Crippen LogP contribution in [-0.2, 0) is 19.1 Å². The summed E-state index contributed by atoms with van der Waals surface area (Å²) in [6.45, 7) is 10.1. The maximum absolute atomic E-state index is 14.4. The minimum atomic E-state index is -1.13. The summed E-state index contributed by atoms with van der Waals surface area (Å²) in [5, 5.41) is 9.54. The molecule has 1 aromatic rings. The smallest absolute Gasteiger partial charge is 0.253 e. The van der Waals surface area contributed by atoms with Gasteiger partial charge in [-0.1, -0.05) is 12.2 Å². The number of benzene rings is 1. The van der Waals surface area contributed by atoms with E-state index in [9.17, 15) is 19.5 Å². The zero-order chi connectivity index (χ0) is 27.0. The Balaban J connectivity index is 1.78. The number of likely N-dealkylation sites (N-methyl/N-ethyl adjacent to an activating group) is 1. The molecule has 4 rings (SSSR count). The largest absolute Gasteiger partial charge is 0.497 e. The van der Waals surface area contributed by atoms with Crippen LogP contribution in [0.3, 0.4) is 0 Å². The van der Waals surface area contributed by atoms with Crippen molar-refractivity contribution >= 4 is 23.4 Å². The molecule has 200 valence electrons. The van der Waals surface area contributed by atoms with Crippen molar-refractivity contribution in [3.05, 3.63) is 49.6 Å². The van der Waals surface area contributed by atoms with E-state index < -0.39 is 29.1 Å². The maximum atomic E-state index is 14.4. The molecule has 1 N–H and O–H groups in total. The number of fused-ring (bicyclic) bond motifs is 1. The van der Waals surface area contributed by atoms with Gasteiger partial charge in [0.15, 0.2) is 0 Å². The van der Waals surface area contributed by atoms with Crippen LogP contribution < -0.4 is 9.64 Å². The Morgan fingerprint density at radius 1 is 1.19 bits per heavy atom. The minimum absolute atomic E-state index is 0.125. The van der Waals surface area contributed by atoms with Crippen molar-refractivity contribution < 1.29 is 29.0 Å². The third-order valence-corrected chi connectivity index (χ3v) is 8.07. The summed E-state index contributed by atoms with van der Waals surface area (Å²) >= 11 is 0. The molecule has 2 unspecified atom stereocenters. The first-order valence-electron chi connectivity index (χ1n) is 12.7. The van der Waals surface area contributed by atoms with Gasteiger partial charge in [-0.15, -0.1) is 13.2 Å². The van der Waals surface area contributed by atoms with E-state index in [1.165, 1.54) is 4.90 Å². The van der Waals surface area contributed by atoms with Gasteiger partial charge in [0.1, 0.15) is 17.4 Å². The van der Waals surface area contributed by atoms with E-state index in [-0.39, 0.29) is 37.4 Å². The third kappa shape index (κ3) is 4.24. The lowest BCUT2D eigenvalue weighted by Crippen LogP contribution is -2.56. The molecule has 3 saturated heterocycles. The predicted molar refractivity (Wildman–Crippen MR) is 139 cm³/mol. The maximum Gasteiger partial charge on any atom is 0.253 e. The van der Waals surface area contributed by atoms with Crippen LogP contribution in [0.4, 0.5) is 5.69 Å². The molecular weight excluding hydrogens is 474 g/mol. The summed E-state index contributed by atoms with van der Waals surface area (Å²) in [6.07, 6.45) is 4.65. The Kier molecular flexibility index (Phi) is 7.48. The number of carbonyl (C=O) groups excluding carboxylic acids is 3. The number of aliphatic hydroxyl groups is 1. The molecule has 0 radical (unpaired) electrons. The average molecular weight is 512 g/mol. The second-order valence-corrected chi connectivity index (χ2v) is 10.3. The zero-order valence-electron chi connectivity index (χ0n) is 21.9. The van der Waals surface area contributed by atoms with Crippen LogP contribution in [0.5, 0.6) is 5.75 Å². The Bertz CT molecular complexity index is 1070. The van der Waals surface area contributed by atoms with Gasteiger partial charge in [-0.05, 0) is 50.5 Å². The molecule has 2 bridgehead atoms. The van der Waals surface area contributed by atoms with Crippen LogP contribution in [0.1, 0.15) is 26.2 Å². The predicted octanol–water partition coefficient (Wildman–Crippen LogP) is 2.01. The van der Waals surface area contributed by atoms with Gasteiger partial charge in [-0.25, -0.2) is 0 Å². The van der Waals surface area contributed by atoms with Crippen LogP contribution in [0.2, 0.25) is 0 Å². The quantitative estimate of drug-likeness (QED) is 0.457. The molecule has 9 heteroatoms. The van der Waals surface area contributed by atoms with E-state index in [1.807, 2.05) is 6.92 Å². The normalized spacial score (nSPS) is 29.7. The Morgan fingerprint density at radius 3 is 2.46 bits per heavy atom. The van der Waals surface area contributed by atoms with Crippen molar-refractivity contribution in [2.45, 2.75) is 43.4 Å². The van der Waals surface area contributed by atoms with Crippen molar-refractivity contribution in [1.29, 1.82) is 0 Å². The molecule has 1 spiro atoms. The van der Waals surface area contributed by atoms with E-state index in [1.54, 1.807) is 60.4 Å². The van der Waals surface area contributed by atoms with E-state index in [2.05, 4.69) is 13.2 Å². The fourth-order valence-corrected chi connectivity index (χ4v) is 6.45. The number of likely N-dealkylation sites (tertiary alicyclic amines) is 1. The first kappa shape index (κ1) is 26.9. The molecule has 3 fully saturated rings. The molecule has 5 atom stereocenters. The number of rotatable bonds is 11. The fraction of sp³-hybridized carbons (Fsp3) is 0.536. The number of amides is 3. The molecule has 37 heavy (non-hydrogen) atoms. The highest BCUT2D eigenvalue weighted by Crippen LogP contribution is 2.63. The number of ether oxygens (including phenoxy) is 2. The van der Waals surface area contributed by atoms with Gasteiger partial charge in [0.2, 0.25) is 11.8 Å². The SMILES string of the molecule is C=CCN(C)C(=O)[C@@H]1[C@H]2C(=O)N(CCCO)C(C(=O)N(CC=C)c3ccc(OC)cc3)C23CC[C@@]1(C)O3. The molecule has 0 saturated carbocycles. The Labute approximate surface area is 218 Å². The summed E-state index contributed by atoms with van der Waals surface area (Å²) in [4.78, 5) is 46.6. The molecule has 0 aromatic heterocycles. The van der Waals surface area contributed by atoms with E-state index in [0.717, 1.165) is 0 Å². The number of hydrogen-bond acceptors (Lipinski definition) is 6. The summed E-state index contributed by atoms with van der Waals surface area (Å²) in [6, 6.07) is 6.19.